The van der Waals surface area contributed by atoms with E-state index in [1.807, 2.05) is 0 Å². The molecule has 1 aromatic rings. The second-order valence-corrected chi connectivity index (χ2v) is 3.53. The summed E-state index contributed by atoms with van der Waals surface area (Å²) in [5, 5.41) is 8.73. The van der Waals surface area contributed by atoms with Gasteiger partial charge in [0.05, 0.1) is 10.9 Å². The minimum absolute atomic E-state index is 0.000680. The van der Waals surface area contributed by atoms with E-state index in [0.29, 0.717) is 0 Å². The average molecular weight is 233 g/mol. The van der Waals surface area contributed by atoms with Crippen LogP contribution < -0.4 is 4.74 Å². The van der Waals surface area contributed by atoms with Crippen molar-refractivity contribution in [2.75, 3.05) is 6.61 Å². The Labute approximate surface area is 91.4 Å². The Balaban J connectivity index is 2.62. The lowest BCUT2D eigenvalue weighted by Crippen LogP contribution is -2.18. The first kappa shape index (κ1) is 11.8. The Hall–Kier alpha value is -1.29. The van der Waals surface area contributed by atoms with E-state index in [0.717, 1.165) is 6.07 Å². The molecule has 15 heavy (non-hydrogen) atoms. The Morgan fingerprint density at radius 2 is 2.33 bits per heavy atom. The van der Waals surface area contributed by atoms with Gasteiger partial charge < -0.3 is 9.84 Å². The summed E-state index contributed by atoms with van der Waals surface area (Å²) >= 11 is 5.68. The predicted octanol–water partition coefficient (Wildman–Crippen LogP) is 2.58. The number of hydrogen-bond acceptors (Lipinski definition) is 2. The van der Waals surface area contributed by atoms with E-state index < -0.39 is 17.7 Å². The number of carboxylic acids is 1. The van der Waals surface area contributed by atoms with Crippen molar-refractivity contribution in [3.8, 4) is 5.75 Å². The fourth-order valence-electron chi connectivity index (χ4n) is 0.878. The summed E-state index contributed by atoms with van der Waals surface area (Å²) in [5.74, 6) is -1.76. The van der Waals surface area contributed by atoms with Gasteiger partial charge in [0.25, 0.3) is 0 Å². The summed E-state index contributed by atoms with van der Waals surface area (Å²) in [6.07, 6.45) is 0. The minimum Gasteiger partial charge on any atom is -0.491 e. The van der Waals surface area contributed by atoms with E-state index in [9.17, 15) is 9.18 Å². The second-order valence-electron chi connectivity index (χ2n) is 3.13. The highest BCUT2D eigenvalue weighted by Crippen LogP contribution is 2.25. The summed E-state index contributed by atoms with van der Waals surface area (Å²) in [7, 11) is 0. The number of carboxylic acid groups (broad SMARTS) is 1. The monoisotopic (exact) mass is 232 g/mol. The largest absolute Gasteiger partial charge is 0.491 e. The molecule has 5 heteroatoms. The van der Waals surface area contributed by atoms with Gasteiger partial charge in [-0.05, 0) is 25.1 Å². The van der Waals surface area contributed by atoms with E-state index in [-0.39, 0.29) is 17.4 Å². The minimum atomic E-state index is -0.951. The summed E-state index contributed by atoms with van der Waals surface area (Å²) in [6, 6.07) is 3.68. The number of carbonyl (C=O) groups is 1. The topological polar surface area (TPSA) is 46.5 Å². The van der Waals surface area contributed by atoms with E-state index in [2.05, 4.69) is 0 Å². The van der Waals surface area contributed by atoms with E-state index in [1.54, 1.807) is 0 Å². The van der Waals surface area contributed by atoms with Crippen molar-refractivity contribution in [3.63, 3.8) is 0 Å². The summed E-state index contributed by atoms with van der Waals surface area (Å²) in [5.41, 5.74) is 0. The molecule has 1 atom stereocenters. The number of halogens is 2. The molecule has 1 N–H and O–H groups in total. The van der Waals surface area contributed by atoms with E-state index in [4.69, 9.17) is 21.4 Å². The molecule has 0 aliphatic carbocycles. The molecule has 0 aromatic heterocycles. The van der Waals surface area contributed by atoms with Crippen molar-refractivity contribution >= 4 is 17.6 Å². The molecule has 0 fully saturated rings. The third-order valence-corrected chi connectivity index (χ3v) is 2.10. The molecule has 3 nitrogen and oxygen atoms in total. The number of aliphatic carboxylic acids is 1. The van der Waals surface area contributed by atoms with Gasteiger partial charge in [0.2, 0.25) is 0 Å². The lowest BCUT2D eigenvalue weighted by Gasteiger charge is -2.10. The molecule has 0 heterocycles. The van der Waals surface area contributed by atoms with Crippen molar-refractivity contribution in [1.29, 1.82) is 0 Å². The summed E-state index contributed by atoms with van der Waals surface area (Å²) in [4.78, 5) is 10.5. The van der Waals surface area contributed by atoms with Crippen LogP contribution in [0.3, 0.4) is 0 Å². The van der Waals surface area contributed by atoms with Crippen molar-refractivity contribution in [2.45, 2.75) is 6.92 Å². The van der Waals surface area contributed by atoms with Gasteiger partial charge in [0, 0.05) is 0 Å². The molecule has 0 amide bonds. The molecule has 0 saturated heterocycles. The molecule has 1 unspecified atom stereocenters. The Kier molecular flexibility index (Phi) is 3.91. The normalized spacial score (nSPS) is 12.2. The molecule has 0 aliphatic rings. The van der Waals surface area contributed by atoms with Crippen molar-refractivity contribution in [2.24, 2.45) is 5.92 Å². The number of benzene rings is 1. The first-order valence-corrected chi connectivity index (χ1v) is 4.69. The van der Waals surface area contributed by atoms with Crippen LogP contribution in [0.2, 0.25) is 5.02 Å². The van der Waals surface area contributed by atoms with Gasteiger partial charge in [-0.1, -0.05) is 11.6 Å². The third kappa shape index (κ3) is 3.40. The van der Waals surface area contributed by atoms with Crippen LogP contribution in [0.15, 0.2) is 18.2 Å². The van der Waals surface area contributed by atoms with Gasteiger partial charge in [-0.25, -0.2) is 4.39 Å². The second kappa shape index (κ2) is 4.98. The standard InChI is InChI=1S/C10H10ClFO3/c1-6(10(13)14)5-15-9-3-2-7(12)4-8(9)11/h2-4,6H,5H2,1H3,(H,13,14). The summed E-state index contributed by atoms with van der Waals surface area (Å²) < 4.78 is 17.8. The predicted molar refractivity (Wildman–Crippen MR) is 53.7 cm³/mol. The van der Waals surface area contributed by atoms with Crippen LogP contribution in [-0.4, -0.2) is 17.7 Å². The maximum atomic E-state index is 12.6. The van der Waals surface area contributed by atoms with Crippen LogP contribution in [0.4, 0.5) is 4.39 Å². The zero-order chi connectivity index (χ0) is 11.4. The van der Waals surface area contributed by atoms with Gasteiger partial charge in [0.15, 0.2) is 0 Å². The fourth-order valence-corrected chi connectivity index (χ4v) is 1.10. The zero-order valence-corrected chi connectivity index (χ0v) is 8.79. The Bertz CT molecular complexity index is 368. The maximum absolute atomic E-state index is 12.6. The highest BCUT2D eigenvalue weighted by atomic mass is 35.5. The lowest BCUT2D eigenvalue weighted by molar-refractivity contribution is -0.142. The van der Waals surface area contributed by atoms with Crippen LogP contribution in [0.25, 0.3) is 0 Å². The van der Waals surface area contributed by atoms with Crippen LogP contribution in [0.1, 0.15) is 6.92 Å². The fraction of sp³-hybridized carbons (Fsp3) is 0.300. The quantitative estimate of drug-likeness (QED) is 0.868. The number of hydrogen-bond donors (Lipinski definition) is 1. The molecule has 0 spiro atoms. The first-order chi connectivity index (χ1) is 7.00. The molecular formula is C10H10ClFO3. The van der Waals surface area contributed by atoms with Gasteiger partial charge in [-0.2, -0.15) is 0 Å². The van der Waals surface area contributed by atoms with Gasteiger partial charge >= 0.3 is 5.97 Å². The maximum Gasteiger partial charge on any atom is 0.309 e. The lowest BCUT2D eigenvalue weighted by atomic mass is 10.2. The molecule has 0 bridgehead atoms. The summed E-state index contributed by atoms with van der Waals surface area (Å²) in [6.45, 7) is 1.51. The van der Waals surface area contributed by atoms with Crippen molar-refractivity contribution in [1.82, 2.24) is 0 Å². The van der Waals surface area contributed by atoms with Crippen molar-refractivity contribution < 1.29 is 19.0 Å². The molecule has 82 valence electrons. The Morgan fingerprint density at radius 1 is 1.67 bits per heavy atom. The molecule has 0 aliphatic heterocycles. The molecule has 1 rings (SSSR count). The SMILES string of the molecule is CC(COc1ccc(F)cc1Cl)C(=O)O. The first-order valence-electron chi connectivity index (χ1n) is 4.31. The van der Waals surface area contributed by atoms with E-state index >= 15 is 0 Å². The van der Waals surface area contributed by atoms with Crippen LogP contribution in [-0.2, 0) is 4.79 Å². The van der Waals surface area contributed by atoms with E-state index in [1.165, 1.54) is 19.1 Å². The van der Waals surface area contributed by atoms with Crippen LogP contribution in [0, 0.1) is 11.7 Å². The van der Waals surface area contributed by atoms with Crippen LogP contribution in [0.5, 0.6) is 5.75 Å². The molecule has 0 radical (unpaired) electrons. The Morgan fingerprint density at radius 3 is 2.87 bits per heavy atom. The van der Waals surface area contributed by atoms with Crippen LogP contribution >= 0.6 is 11.6 Å². The average Bonchev–Trinajstić information content (AvgIpc) is 2.15. The highest BCUT2D eigenvalue weighted by Gasteiger charge is 2.12. The van der Waals surface area contributed by atoms with Gasteiger partial charge in [-0.15, -0.1) is 0 Å². The molecule has 0 saturated carbocycles. The molecule has 1 aromatic carbocycles. The molecular weight excluding hydrogens is 223 g/mol. The third-order valence-electron chi connectivity index (χ3n) is 1.80. The van der Waals surface area contributed by atoms with Crippen molar-refractivity contribution in [3.05, 3.63) is 29.0 Å². The zero-order valence-electron chi connectivity index (χ0n) is 8.04. The number of rotatable bonds is 4. The highest BCUT2D eigenvalue weighted by molar-refractivity contribution is 6.32. The number of ether oxygens (including phenoxy) is 1. The van der Waals surface area contributed by atoms with Gasteiger partial charge in [0.1, 0.15) is 18.2 Å². The smallest absolute Gasteiger partial charge is 0.309 e. The van der Waals surface area contributed by atoms with Gasteiger partial charge in [-0.3, -0.25) is 4.79 Å².